The van der Waals surface area contributed by atoms with E-state index in [1.165, 1.54) is 6.42 Å². The molecular weight excluding hydrogens is 470 g/mol. The molecule has 2 aliphatic rings. The molecule has 0 saturated heterocycles. The first-order valence-corrected chi connectivity index (χ1v) is 13.4. The van der Waals surface area contributed by atoms with Gasteiger partial charge in [-0.05, 0) is 65.5 Å². The first kappa shape index (κ1) is 24.0. The Morgan fingerprint density at radius 1 is 0.921 bits per heavy atom. The van der Waals surface area contributed by atoms with Crippen molar-refractivity contribution in [3.05, 3.63) is 103 Å². The molecule has 2 saturated carbocycles. The molecule has 0 spiro atoms. The summed E-state index contributed by atoms with van der Waals surface area (Å²) >= 11 is 0. The third kappa shape index (κ3) is 4.58. The van der Waals surface area contributed by atoms with Crippen LogP contribution in [0.25, 0.3) is 28.1 Å². The van der Waals surface area contributed by atoms with Crippen molar-refractivity contribution in [3.63, 3.8) is 0 Å². The molecule has 1 amide bonds. The first-order valence-electron chi connectivity index (χ1n) is 13.4. The largest absolute Gasteiger partial charge is 0.397 e. The van der Waals surface area contributed by atoms with Crippen molar-refractivity contribution in [2.45, 2.75) is 25.2 Å². The first-order chi connectivity index (χ1) is 18.6. The number of anilines is 1. The maximum atomic E-state index is 13.4. The van der Waals surface area contributed by atoms with Crippen LogP contribution in [0, 0.1) is 17.8 Å². The Morgan fingerprint density at radius 2 is 1.58 bits per heavy atom. The molecule has 6 nitrogen and oxygen atoms in total. The molecule has 4 unspecified atom stereocenters. The van der Waals surface area contributed by atoms with Gasteiger partial charge in [0.25, 0.3) is 0 Å². The molecule has 0 radical (unpaired) electrons. The van der Waals surface area contributed by atoms with Gasteiger partial charge in [-0.2, -0.15) is 0 Å². The van der Waals surface area contributed by atoms with Crippen molar-refractivity contribution in [3.8, 4) is 22.4 Å². The molecule has 2 bridgehead atoms. The van der Waals surface area contributed by atoms with Crippen LogP contribution >= 0.6 is 0 Å². The third-order valence-electron chi connectivity index (χ3n) is 8.22. The van der Waals surface area contributed by atoms with E-state index in [9.17, 15) is 4.79 Å². The molecule has 5 N–H and O–H groups in total. The van der Waals surface area contributed by atoms with Gasteiger partial charge in [0.1, 0.15) is 5.82 Å². The van der Waals surface area contributed by atoms with Crippen molar-refractivity contribution in [1.29, 1.82) is 0 Å². The van der Waals surface area contributed by atoms with Crippen LogP contribution in [-0.4, -0.2) is 22.9 Å². The lowest BCUT2D eigenvalue weighted by Gasteiger charge is -2.28. The number of rotatable bonds is 7. The molecule has 4 atom stereocenters. The maximum Gasteiger partial charge on any atom is 0.228 e. The van der Waals surface area contributed by atoms with Gasteiger partial charge in [-0.3, -0.25) is 4.79 Å². The minimum atomic E-state index is -0.0460. The normalized spacial score (nSPS) is 22.4. The van der Waals surface area contributed by atoms with Crippen LogP contribution in [0.5, 0.6) is 0 Å². The summed E-state index contributed by atoms with van der Waals surface area (Å²) in [7, 11) is 1.84. The number of hydrogen-bond donors (Lipinski definition) is 4. The lowest BCUT2D eigenvalue weighted by molar-refractivity contribution is -0.122. The highest BCUT2D eigenvalue weighted by atomic mass is 16.1. The molecule has 6 rings (SSSR count). The molecule has 1 aromatic heterocycles. The number of aromatic nitrogens is 2. The Labute approximate surface area is 223 Å². The summed E-state index contributed by atoms with van der Waals surface area (Å²) in [6.07, 6.45) is 7.11. The van der Waals surface area contributed by atoms with E-state index in [-0.39, 0.29) is 17.7 Å². The quantitative estimate of drug-likeness (QED) is 0.249. The number of carbonyl (C=O) groups is 1. The predicted molar refractivity (Wildman–Crippen MR) is 153 cm³/mol. The molecule has 3 aromatic carbocycles. The van der Waals surface area contributed by atoms with Crippen LogP contribution in [-0.2, 0) is 4.79 Å². The maximum absolute atomic E-state index is 13.4. The molecule has 2 fully saturated rings. The number of nitrogens with zero attached hydrogens (tertiary/aromatic N) is 1. The smallest absolute Gasteiger partial charge is 0.228 e. The van der Waals surface area contributed by atoms with E-state index in [0.717, 1.165) is 52.3 Å². The zero-order chi connectivity index (χ0) is 26.1. The van der Waals surface area contributed by atoms with E-state index < -0.39 is 0 Å². The molecule has 1 heterocycles. The number of fused-ring (bicyclic) bond motifs is 2. The number of amides is 1. The van der Waals surface area contributed by atoms with Crippen molar-refractivity contribution in [2.24, 2.45) is 23.5 Å². The Balaban J connectivity index is 1.19. The van der Waals surface area contributed by atoms with Gasteiger partial charge >= 0.3 is 0 Å². The van der Waals surface area contributed by atoms with Gasteiger partial charge in [-0.1, -0.05) is 66.7 Å². The monoisotopic (exact) mass is 503 g/mol. The van der Waals surface area contributed by atoms with Gasteiger partial charge in [-0.15, -0.1) is 0 Å². The van der Waals surface area contributed by atoms with Crippen LogP contribution in [0.2, 0.25) is 0 Å². The fourth-order valence-electron chi connectivity index (χ4n) is 6.40. The number of para-hydroxylation sites is 1. The fraction of sp³-hybridized carbons (Fsp3) is 0.250. The van der Waals surface area contributed by atoms with Gasteiger partial charge in [0.15, 0.2) is 0 Å². The van der Waals surface area contributed by atoms with E-state index in [4.69, 9.17) is 10.7 Å². The van der Waals surface area contributed by atoms with E-state index in [2.05, 4.69) is 52.0 Å². The van der Waals surface area contributed by atoms with E-state index in [0.29, 0.717) is 17.5 Å². The molecule has 38 heavy (non-hydrogen) atoms. The summed E-state index contributed by atoms with van der Waals surface area (Å²) in [4.78, 5) is 21.7. The van der Waals surface area contributed by atoms with Crippen LogP contribution in [0.4, 0.5) is 5.69 Å². The minimum absolute atomic E-state index is 0.0460. The standard InChI is InChI=1S/C32H33N5O/c1-34-18-27(33)22-11-7-20(8-12-22)21-9-13-23(14-10-21)28-19-35-31(37-28)29-24-15-16-25(17-24)30(29)32(38)36-26-5-3-2-4-6-26/h2-14,18-19,24-25,29-30,34H,15-17,33H2,1H3,(H,35,37)(H,36,38)/b27-18-. The summed E-state index contributed by atoms with van der Waals surface area (Å²) in [5.41, 5.74) is 13.0. The lowest BCUT2D eigenvalue weighted by Crippen LogP contribution is -2.33. The lowest BCUT2D eigenvalue weighted by atomic mass is 9.78. The van der Waals surface area contributed by atoms with Crippen LogP contribution < -0.4 is 16.4 Å². The Bertz CT molecular complexity index is 1440. The second kappa shape index (κ2) is 10.2. The average molecular weight is 504 g/mol. The predicted octanol–water partition coefficient (Wildman–Crippen LogP) is 5.99. The number of nitrogens with one attached hydrogen (secondary N) is 3. The highest BCUT2D eigenvalue weighted by Crippen LogP contribution is 2.56. The number of H-pyrrole nitrogens is 1. The Morgan fingerprint density at radius 3 is 2.29 bits per heavy atom. The van der Waals surface area contributed by atoms with Gasteiger partial charge in [0.2, 0.25) is 5.91 Å². The molecule has 192 valence electrons. The van der Waals surface area contributed by atoms with Gasteiger partial charge < -0.3 is 21.4 Å². The van der Waals surface area contributed by atoms with Crippen LogP contribution in [0.15, 0.2) is 91.3 Å². The molecule has 2 aliphatic carbocycles. The SMILES string of the molecule is CN/C=C(\N)c1ccc(-c2ccc(-c3cnc(C4C5CCC(C5)C4C(=O)Nc4ccccc4)[nH]3)cc2)cc1. The topological polar surface area (TPSA) is 95.8 Å². The number of benzene rings is 3. The minimum Gasteiger partial charge on any atom is -0.397 e. The van der Waals surface area contributed by atoms with E-state index >= 15 is 0 Å². The van der Waals surface area contributed by atoms with Crippen molar-refractivity contribution >= 4 is 17.3 Å². The Kier molecular flexibility index (Phi) is 6.46. The summed E-state index contributed by atoms with van der Waals surface area (Å²) in [5, 5.41) is 6.11. The van der Waals surface area contributed by atoms with Crippen molar-refractivity contribution in [2.75, 3.05) is 12.4 Å². The van der Waals surface area contributed by atoms with Crippen molar-refractivity contribution in [1.82, 2.24) is 15.3 Å². The molecule has 6 heteroatoms. The van der Waals surface area contributed by atoms with Crippen LogP contribution in [0.1, 0.15) is 36.6 Å². The van der Waals surface area contributed by atoms with Gasteiger partial charge in [0.05, 0.1) is 23.5 Å². The highest BCUT2D eigenvalue weighted by Gasteiger charge is 2.52. The van der Waals surface area contributed by atoms with Gasteiger partial charge in [-0.25, -0.2) is 4.98 Å². The van der Waals surface area contributed by atoms with E-state index in [1.807, 2.05) is 55.7 Å². The molecular formula is C32H33N5O. The number of carbonyl (C=O) groups excluding carboxylic acids is 1. The number of imidazole rings is 1. The highest BCUT2D eigenvalue weighted by molar-refractivity contribution is 5.93. The summed E-state index contributed by atoms with van der Waals surface area (Å²) in [6, 6.07) is 26.5. The van der Waals surface area contributed by atoms with Crippen LogP contribution in [0.3, 0.4) is 0 Å². The number of hydrogen-bond acceptors (Lipinski definition) is 4. The second-order valence-electron chi connectivity index (χ2n) is 10.5. The fourth-order valence-corrected chi connectivity index (χ4v) is 6.40. The summed E-state index contributed by atoms with van der Waals surface area (Å²) < 4.78 is 0. The van der Waals surface area contributed by atoms with E-state index in [1.54, 1.807) is 6.20 Å². The number of aromatic amines is 1. The number of nitrogens with two attached hydrogens (primary N) is 1. The van der Waals surface area contributed by atoms with Crippen molar-refractivity contribution < 1.29 is 4.79 Å². The third-order valence-corrected chi connectivity index (χ3v) is 8.22. The zero-order valence-corrected chi connectivity index (χ0v) is 21.5. The molecule has 4 aromatic rings. The average Bonchev–Trinajstić information content (AvgIpc) is 3.71. The summed E-state index contributed by atoms with van der Waals surface area (Å²) in [6.45, 7) is 0. The second-order valence-corrected chi connectivity index (χ2v) is 10.5. The van der Waals surface area contributed by atoms with Gasteiger partial charge in [0, 0.05) is 24.9 Å². The Hall–Kier alpha value is -4.32. The zero-order valence-electron chi connectivity index (χ0n) is 21.5. The molecule has 0 aliphatic heterocycles. The summed E-state index contributed by atoms with van der Waals surface area (Å²) in [5.74, 6) is 2.07.